The maximum absolute atomic E-state index is 5.96. The Morgan fingerprint density at radius 2 is 1.66 bits per heavy atom. The summed E-state index contributed by atoms with van der Waals surface area (Å²) in [6, 6.07) is 13.5. The molecule has 0 spiro atoms. The fourth-order valence-electron chi connectivity index (χ4n) is 2.72. The Balaban J connectivity index is 1.87. The quantitative estimate of drug-likeness (QED) is 0.470. The van der Waals surface area contributed by atoms with Gasteiger partial charge in [-0.2, -0.15) is 0 Å². The topological polar surface area (TPSA) is 73.3 Å². The Hall–Kier alpha value is -3.09. The minimum atomic E-state index is -0.0737. The number of nitrogens with zero attached hydrogens (tertiary/aromatic N) is 1. The number of rotatable bonds is 10. The molecule has 2 rings (SSSR count). The Morgan fingerprint density at radius 1 is 0.966 bits per heavy atom. The van der Waals surface area contributed by atoms with E-state index in [1.165, 1.54) is 0 Å². The highest BCUT2D eigenvalue weighted by atomic mass is 16.5. The SMILES string of the molecule is CCOc1cc(CNC(=NC)NCC(C)Oc2ccccc2OC)ccc1OC. The summed E-state index contributed by atoms with van der Waals surface area (Å²) in [5, 5.41) is 6.57. The Labute approximate surface area is 173 Å². The molecule has 0 aliphatic heterocycles. The molecule has 0 saturated heterocycles. The summed E-state index contributed by atoms with van der Waals surface area (Å²) >= 11 is 0. The summed E-state index contributed by atoms with van der Waals surface area (Å²) in [5.74, 6) is 3.58. The van der Waals surface area contributed by atoms with Gasteiger partial charge in [0.2, 0.25) is 0 Å². The highest BCUT2D eigenvalue weighted by Crippen LogP contribution is 2.28. The zero-order valence-corrected chi connectivity index (χ0v) is 17.8. The van der Waals surface area contributed by atoms with Gasteiger partial charge in [0.1, 0.15) is 6.10 Å². The number of ether oxygens (including phenoxy) is 4. The molecule has 29 heavy (non-hydrogen) atoms. The summed E-state index contributed by atoms with van der Waals surface area (Å²) in [6.07, 6.45) is -0.0737. The normalized spacial score (nSPS) is 12.1. The number of guanidine groups is 1. The molecule has 2 aromatic carbocycles. The first-order valence-corrected chi connectivity index (χ1v) is 9.65. The monoisotopic (exact) mass is 401 g/mol. The molecule has 2 N–H and O–H groups in total. The number of aliphatic imine (C=N–C) groups is 1. The molecule has 0 fully saturated rings. The van der Waals surface area contributed by atoms with Gasteiger partial charge in [-0.05, 0) is 43.7 Å². The van der Waals surface area contributed by atoms with Crippen LogP contribution in [0.1, 0.15) is 19.4 Å². The summed E-state index contributed by atoms with van der Waals surface area (Å²) < 4.78 is 22.2. The van der Waals surface area contributed by atoms with Gasteiger partial charge in [0.05, 0.1) is 27.4 Å². The molecular formula is C22H31N3O4. The third-order valence-electron chi connectivity index (χ3n) is 4.17. The third-order valence-corrected chi connectivity index (χ3v) is 4.17. The van der Waals surface area contributed by atoms with Crippen LogP contribution in [0.3, 0.4) is 0 Å². The molecule has 2 aromatic rings. The number of hydrogen-bond donors (Lipinski definition) is 2. The van der Waals surface area contributed by atoms with Crippen molar-refractivity contribution in [3.8, 4) is 23.0 Å². The largest absolute Gasteiger partial charge is 0.493 e. The van der Waals surface area contributed by atoms with Gasteiger partial charge in [0.25, 0.3) is 0 Å². The third kappa shape index (κ3) is 6.78. The van der Waals surface area contributed by atoms with Gasteiger partial charge in [-0.1, -0.05) is 18.2 Å². The van der Waals surface area contributed by atoms with E-state index < -0.39 is 0 Å². The predicted molar refractivity (Wildman–Crippen MR) is 115 cm³/mol. The molecule has 7 nitrogen and oxygen atoms in total. The van der Waals surface area contributed by atoms with Crippen LogP contribution in [0.25, 0.3) is 0 Å². The van der Waals surface area contributed by atoms with E-state index in [1.54, 1.807) is 21.3 Å². The van der Waals surface area contributed by atoms with Crippen molar-refractivity contribution in [2.24, 2.45) is 4.99 Å². The number of methoxy groups -OCH3 is 2. The average molecular weight is 402 g/mol. The van der Waals surface area contributed by atoms with Crippen LogP contribution >= 0.6 is 0 Å². The van der Waals surface area contributed by atoms with Gasteiger partial charge in [-0.3, -0.25) is 4.99 Å². The van der Waals surface area contributed by atoms with Crippen LogP contribution in [-0.4, -0.2) is 46.5 Å². The van der Waals surface area contributed by atoms with Crippen molar-refractivity contribution in [3.63, 3.8) is 0 Å². The second kappa shape index (κ2) is 11.7. The van der Waals surface area contributed by atoms with Crippen molar-refractivity contribution in [3.05, 3.63) is 48.0 Å². The number of para-hydroxylation sites is 2. The smallest absolute Gasteiger partial charge is 0.191 e. The zero-order chi connectivity index (χ0) is 21.1. The first kappa shape index (κ1) is 22.2. The second-order valence-electron chi connectivity index (χ2n) is 6.30. The molecule has 0 saturated carbocycles. The first-order chi connectivity index (χ1) is 14.1. The fourth-order valence-corrected chi connectivity index (χ4v) is 2.72. The predicted octanol–water partition coefficient (Wildman–Crippen LogP) is 3.24. The van der Waals surface area contributed by atoms with Crippen LogP contribution in [0.4, 0.5) is 0 Å². The molecule has 7 heteroatoms. The van der Waals surface area contributed by atoms with E-state index in [9.17, 15) is 0 Å². The molecule has 1 unspecified atom stereocenters. The maximum Gasteiger partial charge on any atom is 0.191 e. The van der Waals surface area contributed by atoms with Crippen LogP contribution in [0.2, 0.25) is 0 Å². The van der Waals surface area contributed by atoms with Crippen molar-refractivity contribution >= 4 is 5.96 Å². The van der Waals surface area contributed by atoms with Crippen LogP contribution in [0, 0.1) is 0 Å². The highest BCUT2D eigenvalue weighted by molar-refractivity contribution is 5.79. The number of nitrogens with one attached hydrogen (secondary N) is 2. The zero-order valence-electron chi connectivity index (χ0n) is 17.8. The van der Waals surface area contributed by atoms with E-state index in [0.717, 1.165) is 17.1 Å². The summed E-state index contributed by atoms with van der Waals surface area (Å²) in [4.78, 5) is 4.27. The van der Waals surface area contributed by atoms with E-state index >= 15 is 0 Å². The van der Waals surface area contributed by atoms with E-state index in [-0.39, 0.29) is 6.10 Å². The Kier molecular flexibility index (Phi) is 8.95. The Bertz CT molecular complexity index is 795. The summed E-state index contributed by atoms with van der Waals surface area (Å²) in [6.45, 7) is 5.71. The average Bonchev–Trinajstić information content (AvgIpc) is 2.74. The molecule has 0 aromatic heterocycles. The van der Waals surface area contributed by atoms with E-state index in [0.29, 0.717) is 37.2 Å². The van der Waals surface area contributed by atoms with E-state index in [1.807, 2.05) is 56.3 Å². The lowest BCUT2D eigenvalue weighted by Crippen LogP contribution is -2.41. The molecular weight excluding hydrogens is 370 g/mol. The van der Waals surface area contributed by atoms with Crippen molar-refractivity contribution in [1.82, 2.24) is 10.6 Å². The first-order valence-electron chi connectivity index (χ1n) is 9.65. The molecule has 0 bridgehead atoms. The van der Waals surface area contributed by atoms with Gasteiger partial charge in [-0.15, -0.1) is 0 Å². The lowest BCUT2D eigenvalue weighted by molar-refractivity contribution is 0.213. The van der Waals surface area contributed by atoms with Crippen LogP contribution < -0.4 is 29.6 Å². The molecule has 0 radical (unpaired) electrons. The second-order valence-corrected chi connectivity index (χ2v) is 6.30. The number of hydrogen-bond acceptors (Lipinski definition) is 5. The van der Waals surface area contributed by atoms with E-state index in [4.69, 9.17) is 18.9 Å². The lowest BCUT2D eigenvalue weighted by Gasteiger charge is -2.19. The minimum Gasteiger partial charge on any atom is -0.493 e. The van der Waals surface area contributed by atoms with E-state index in [2.05, 4.69) is 15.6 Å². The van der Waals surface area contributed by atoms with Gasteiger partial charge < -0.3 is 29.6 Å². The van der Waals surface area contributed by atoms with Gasteiger partial charge in [-0.25, -0.2) is 0 Å². The van der Waals surface area contributed by atoms with Gasteiger partial charge in [0, 0.05) is 13.6 Å². The lowest BCUT2D eigenvalue weighted by atomic mass is 10.2. The van der Waals surface area contributed by atoms with Crippen LogP contribution in [0.15, 0.2) is 47.5 Å². The summed E-state index contributed by atoms with van der Waals surface area (Å²) in [5.41, 5.74) is 1.07. The molecule has 0 aliphatic carbocycles. The fraction of sp³-hybridized carbons (Fsp3) is 0.409. The highest BCUT2D eigenvalue weighted by Gasteiger charge is 2.10. The minimum absolute atomic E-state index is 0.0737. The molecule has 0 amide bonds. The van der Waals surface area contributed by atoms with Crippen molar-refractivity contribution < 1.29 is 18.9 Å². The molecule has 158 valence electrons. The molecule has 0 aliphatic rings. The standard InChI is InChI=1S/C22H31N3O4/c1-6-28-21-13-17(11-12-19(21)27-5)15-25-22(23-3)24-14-16(2)29-20-10-8-7-9-18(20)26-4/h7-13,16H,6,14-15H2,1-5H3,(H2,23,24,25). The van der Waals surface area contributed by atoms with Gasteiger partial charge in [0.15, 0.2) is 29.0 Å². The van der Waals surface area contributed by atoms with Crippen molar-refractivity contribution in [2.75, 3.05) is 34.4 Å². The van der Waals surface area contributed by atoms with Gasteiger partial charge >= 0.3 is 0 Å². The van der Waals surface area contributed by atoms with Crippen molar-refractivity contribution in [1.29, 1.82) is 0 Å². The maximum atomic E-state index is 5.96. The molecule has 1 atom stereocenters. The number of benzene rings is 2. The van der Waals surface area contributed by atoms with Crippen LogP contribution in [-0.2, 0) is 6.54 Å². The molecule has 0 heterocycles. The Morgan fingerprint density at radius 3 is 2.31 bits per heavy atom. The summed E-state index contributed by atoms with van der Waals surface area (Å²) in [7, 11) is 5.00. The van der Waals surface area contributed by atoms with Crippen molar-refractivity contribution in [2.45, 2.75) is 26.5 Å². The van der Waals surface area contributed by atoms with Crippen LogP contribution in [0.5, 0.6) is 23.0 Å².